The van der Waals surface area contributed by atoms with Gasteiger partial charge in [0, 0.05) is 43.5 Å². The van der Waals surface area contributed by atoms with Crippen LogP contribution in [0.2, 0.25) is 0 Å². The van der Waals surface area contributed by atoms with E-state index < -0.39 is 0 Å². The van der Waals surface area contributed by atoms with Crippen molar-refractivity contribution in [1.29, 1.82) is 0 Å². The number of aromatic nitrogens is 1. The second-order valence-electron chi connectivity index (χ2n) is 8.23. The van der Waals surface area contributed by atoms with Crippen molar-refractivity contribution < 1.29 is 8.78 Å². The first kappa shape index (κ1) is 21.2. The SMILES string of the molecule is CN(C)CCN(Cc1ccc(F)cc1)Cc1cc(-c2ccc3[nH]ccc3c2)ccc1F. The Morgan fingerprint density at radius 3 is 2.29 bits per heavy atom. The predicted octanol–water partition coefficient (Wildman–Crippen LogP) is 5.68. The van der Waals surface area contributed by atoms with Crippen LogP contribution in [0.3, 0.4) is 0 Å². The van der Waals surface area contributed by atoms with Gasteiger partial charge in [-0.15, -0.1) is 0 Å². The van der Waals surface area contributed by atoms with Crippen molar-refractivity contribution in [3.63, 3.8) is 0 Å². The van der Waals surface area contributed by atoms with Crippen LogP contribution in [-0.4, -0.2) is 42.0 Å². The van der Waals surface area contributed by atoms with Gasteiger partial charge in [-0.3, -0.25) is 4.90 Å². The molecule has 0 unspecified atom stereocenters. The van der Waals surface area contributed by atoms with Crippen LogP contribution in [0.5, 0.6) is 0 Å². The third-order valence-electron chi connectivity index (χ3n) is 5.51. The first-order chi connectivity index (χ1) is 15.0. The number of nitrogens with zero attached hydrogens (tertiary/aromatic N) is 2. The molecule has 0 fully saturated rings. The Kier molecular flexibility index (Phi) is 6.44. The third kappa shape index (κ3) is 5.37. The average Bonchev–Trinajstić information content (AvgIpc) is 3.23. The molecule has 0 saturated carbocycles. The van der Waals surface area contributed by atoms with Gasteiger partial charge in [0.1, 0.15) is 11.6 Å². The van der Waals surface area contributed by atoms with E-state index in [0.717, 1.165) is 40.7 Å². The smallest absolute Gasteiger partial charge is 0.127 e. The Hall–Kier alpha value is -3.02. The van der Waals surface area contributed by atoms with E-state index in [2.05, 4.69) is 26.9 Å². The summed E-state index contributed by atoms with van der Waals surface area (Å²) in [5.74, 6) is -0.456. The van der Waals surface area contributed by atoms with E-state index in [1.165, 1.54) is 12.1 Å². The third-order valence-corrected chi connectivity index (χ3v) is 5.51. The van der Waals surface area contributed by atoms with Crippen molar-refractivity contribution in [2.75, 3.05) is 27.2 Å². The highest BCUT2D eigenvalue weighted by Crippen LogP contribution is 2.26. The quantitative estimate of drug-likeness (QED) is 0.397. The maximum atomic E-state index is 14.7. The molecule has 3 aromatic carbocycles. The maximum Gasteiger partial charge on any atom is 0.127 e. The van der Waals surface area contributed by atoms with Crippen LogP contribution in [-0.2, 0) is 13.1 Å². The molecule has 1 aromatic heterocycles. The molecule has 4 aromatic rings. The van der Waals surface area contributed by atoms with Crippen LogP contribution >= 0.6 is 0 Å². The molecule has 4 rings (SSSR count). The molecule has 0 amide bonds. The number of fused-ring (bicyclic) bond motifs is 1. The molecule has 0 radical (unpaired) electrons. The van der Waals surface area contributed by atoms with Gasteiger partial charge in [-0.05, 0) is 78.6 Å². The number of hydrogen-bond acceptors (Lipinski definition) is 2. The summed E-state index contributed by atoms with van der Waals surface area (Å²) in [4.78, 5) is 7.51. The van der Waals surface area contributed by atoms with Gasteiger partial charge in [-0.25, -0.2) is 8.78 Å². The van der Waals surface area contributed by atoms with Crippen LogP contribution in [0, 0.1) is 11.6 Å². The molecule has 3 nitrogen and oxygen atoms in total. The summed E-state index contributed by atoms with van der Waals surface area (Å²) < 4.78 is 28.0. The number of hydrogen-bond donors (Lipinski definition) is 1. The van der Waals surface area contributed by atoms with Crippen molar-refractivity contribution >= 4 is 10.9 Å². The molecule has 0 aliphatic rings. The molecule has 1 heterocycles. The summed E-state index contributed by atoms with van der Waals surface area (Å²) in [6.07, 6.45) is 1.92. The first-order valence-electron chi connectivity index (χ1n) is 10.5. The van der Waals surface area contributed by atoms with Crippen molar-refractivity contribution in [1.82, 2.24) is 14.8 Å². The van der Waals surface area contributed by atoms with Crippen LogP contribution in [0.4, 0.5) is 8.78 Å². The Bertz CT molecular complexity index is 1150. The van der Waals surface area contributed by atoms with Gasteiger partial charge in [-0.2, -0.15) is 0 Å². The lowest BCUT2D eigenvalue weighted by Crippen LogP contribution is -2.31. The van der Waals surface area contributed by atoms with Gasteiger partial charge < -0.3 is 9.88 Å². The first-order valence-corrected chi connectivity index (χ1v) is 10.5. The van der Waals surface area contributed by atoms with E-state index in [0.29, 0.717) is 18.7 Å². The minimum atomic E-state index is -0.248. The van der Waals surface area contributed by atoms with Crippen LogP contribution < -0.4 is 0 Å². The summed E-state index contributed by atoms with van der Waals surface area (Å²) in [7, 11) is 4.04. The summed E-state index contributed by atoms with van der Waals surface area (Å²) in [6, 6.07) is 20.1. The van der Waals surface area contributed by atoms with E-state index in [1.807, 2.05) is 44.6 Å². The Balaban J connectivity index is 1.58. The van der Waals surface area contributed by atoms with Crippen LogP contribution in [0.1, 0.15) is 11.1 Å². The normalized spacial score (nSPS) is 11.7. The summed E-state index contributed by atoms with van der Waals surface area (Å²) >= 11 is 0. The van der Waals surface area contributed by atoms with Crippen LogP contribution in [0.25, 0.3) is 22.0 Å². The van der Waals surface area contributed by atoms with Gasteiger partial charge in [0.2, 0.25) is 0 Å². The maximum absolute atomic E-state index is 14.7. The molecule has 1 N–H and O–H groups in total. The minimum absolute atomic E-state index is 0.208. The number of nitrogens with one attached hydrogen (secondary N) is 1. The molecule has 0 bridgehead atoms. The lowest BCUT2D eigenvalue weighted by molar-refractivity contribution is 0.223. The highest BCUT2D eigenvalue weighted by atomic mass is 19.1. The highest BCUT2D eigenvalue weighted by molar-refractivity contribution is 5.85. The summed E-state index contributed by atoms with van der Waals surface area (Å²) in [5, 5.41) is 1.13. The predicted molar refractivity (Wildman–Crippen MR) is 123 cm³/mol. The standard InChI is InChI=1S/C26H27F2N3/c1-30(2)13-14-31(17-19-3-7-24(27)8-4-19)18-23-16-20(5-9-25(23)28)21-6-10-26-22(15-21)11-12-29-26/h3-12,15-16,29H,13-14,17-18H2,1-2H3. The Morgan fingerprint density at radius 2 is 1.52 bits per heavy atom. The molecule has 0 spiro atoms. The number of H-pyrrole nitrogens is 1. The van der Waals surface area contributed by atoms with Crippen molar-refractivity contribution in [3.05, 3.63) is 95.7 Å². The molecule has 160 valence electrons. The molecule has 5 heteroatoms. The molecular formula is C26H27F2N3. The van der Waals surface area contributed by atoms with Crippen molar-refractivity contribution in [2.45, 2.75) is 13.1 Å². The minimum Gasteiger partial charge on any atom is -0.361 e. The highest BCUT2D eigenvalue weighted by Gasteiger charge is 2.13. The number of aromatic amines is 1. The summed E-state index contributed by atoms with van der Waals surface area (Å²) in [6.45, 7) is 2.75. The number of halogens is 2. The lowest BCUT2D eigenvalue weighted by Gasteiger charge is -2.25. The topological polar surface area (TPSA) is 22.3 Å². The zero-order chi connectivity index (χ0) is 21.8. The average molecular weight is 420 g/mol. The number of rotatable bonds is 8. The number of benzene rings is 3. The fourth-order valence-corrected chi connectivity index (χ4v) is 3.75. The monoisotopic (exact) mass is 419 g/mol. The van der Waals surface area contributed by atoms with Gasteiger partial charge in [0.15, 0.2) is 0 Å². The fraction of sp³-hybridized carbons (Fsp3) is 0.231. The second-order valence-corrected chi connectivity index (χ2v) is 8.23. The molecular weight excluding hydrogens is 392 g/mol. The fourth-order valence-electron chi connectivity index (χ4n) is 3.75. The van der Waals surface area contributed by atoms with Crippen molar-refractivity contribution in [2.24, 2.45) is 0 Å². The van der Waals surface area contributed by atoms with Crippen molar-refractivity contribution in [3.8, 4) is 11.1 Å². The second kappa shape index (κ2) is 9.41. The molecule has 0 saturated heterocycles. The van der Waals surface area contributed by atoms with E-state index in [9.17, 15) is 8.78 Å². The van der Waals surface area contributed by atoms with E-state index in [1.54, 1.807) is 18.2 Å². The largest absolute Gasteiger partial charge is 0.361 e. The van der Waals surface area contributed by atoms with E-state index >= 15 is 0 Å². The molecule has 31 heavy (non-hydrogen) atoms. The Labute approximate surface area is 181 Å². The zero-order valence-electron chi connectivity index (χ0n) is 17.9. The van der Waals surface area contributed by atoms with Crippen LogP contribution in [0.15, 0.2) is 72.9 Å². The van der Waals surface area contributed by atoms with Gasteiger partial charge in [0.05, 0.1) is 0 Å². The Morgan fingerprint density at radius 1 is 0.774 bits per heavy atom. The van der Waals surface area contributed by atoms with Gasteiger partial charge in [-0.1, -0.05) is 24.3 Å². The van der Waals surface area contributed by atoms with E-state index in [4.69, 9.17) is 0 Å². The summed E-state index contributed by atoms with van der Waals surface area (Å²) in [5.41, 5.74) is 4.81. The number of likely N-dealkylation sites (N-methyl/N-ethyl adjacent to an activating group) is 1. The molecule has 0 atom stereocenters. The zero-order valence-corrected chi connectivity index (χ0v) is 17.9. The lowest BCUT2D eigenvalue weighted by atomic mass is 10.0. The molecule has 0 aliphatic carbocycles. The van der Waals surface area contributed by atoms with E-state index in [-0.39, 0.29) is 11.6 Å². The van der Waals surface area contributed by atoms with Gasteiger partial charge >= 0.3 is 0 Å². The van der Waals surface area contributed by atoms with Gasteiger partial charge in [0.25, 0.3) is 0 Å². The molecule has 0 aliphatic heterocycles.